The first kappa shape index (κ1) is 14.4. The smallest absolute Gasteiger partial charge is 0.306 e. The maximum absolute atomic E-state index is 12.8. The van der Waals surface area contributed by atoms with Crippen LogP contribution in [-0.2, 0) is 14.4 Å². The quantitative estimate of drug-likeness (QED) is 0.787. The molecular formula is C15H22N2O4. The van der Waals surface area contributed by atoms with E-state index < -0.39 is 11.9 Å². The van der Waals surface area contributed by atoms with Crippen molar-refractivity contribution in [1.82, 2.24) is 10.2 Å². The number of rotatable bonds is 2. The van der Waals surface area contributed by atoms with Crippen molar-refractivity contribution in [2.24, 2.45) is 11.8 Å². The highest BCUT2D eigenvalue weighted by Gasteiger charge is 2.43. The Morgan fingerprint density at radius 1 is 1.10 bits per heavy atom. The fourth-order valence-corrected chi connectivity index (χ4v) is 4.09. The summed E-state index contributed by atoms with van der Waals surface area (Å²) in [7, 11) is 0. The average molecular weight is 294 g/mol. The lowest BCUT2D eigenvalue weighted by molar-refractivity contribution is -0.146. The lowest BCUT2D eigenvalue weighted by Crippen LogP contribution is -2.46. The molecule has 2 aliphatic heterocycles. The molecular weight excluding hydrogens is 272 g/mol. The van der Waals surface area contributed by atoms with E-state index in [1.165, 1.54) is 0 Å². The lowest BCUT2D eigenvalue weighted by Gasteiger charge is -2.34. The maximum atomic E-state index is 12.8. The molecule has 116 valence electrons. The Kier molecular flexibility index (Phi) is 3.87. The Labute approximate surface area is 123 Å². The number of fused-ring (bicyclic) bond motifs is 2. The van der Waals surface area contributed by atoms with Gasteiger partial charge >= 0.3 is 5.97 Å². The third kappa shape index (κ3) is 2.76. The molecule has 2 N–H and O–H groups in total. The van der Waals surface area contributed by atoms with Crippen molar-refractivity contribution < 1.29 is 19.5 Å². The zero-order valence-electron chi connectivity index (χ0n) is 12.1. The minimum absolute atomic E-state index is 0.00945. The minimum Gasteiger partial charge on any atom is -0.481 e. The zero-order chi connectivity index (χ0) is 15.0. The molecule has 2 bridgehead atoms. The Hall–Kier alpha value is -1.59. The summed E-state index contributed by atoms with van der Waals surface area (Å²) in [4.78, 5) is 37.5. The number of hydrogen-bond acceptors (Lipinski definition) is 3. The van der Waals surface area contributed by atoms with Crippen molar-refractivity contribution in [3.05, 3.63) is 0 Å². The average Bonchev–Trinajstić information content (AvgIpc) is 2.78. The molecule has 4 atom stereocenters. The third-order valence-corrected chi connectivity index (χ3v) is 5.20. The molecule has 2 heterocycles. The van der Waals surface area contributed by atoms with E-state index in [2.05, 4.69) is 5.32 Å². The van der Waals surface area contributed by atoms with E-state index in [0.29, 0.717) is 25.8 Å². The first-order valence-corrected chi connectivity index (χ1v) is 7.88. The standard InChI is InChI=1S/C15H22N2O4/c18-13-7-11-4-5-12(8-16-13)17(11)14(19)9-2-1-3-10(6-9)15(20)21/h9-12H,1-8H2,(H,16,18)(H,20,21). The van der Waals surface area contributed by atoms with E-state index in [1.807, 2.05) is 4.90 Å². The van der Waals surface area contributed by atoms with Crippen molar-refractivity contribution in [3.8, 4) is 0 Å². The summed E-state index contributed by atoms with van der Waals surface area (Å²) >= 11 is 0. The van der Waals surface area contributed by atoms with Gasteiger partial charge in [0.05, 0.1) is 5.92 Å². The van der Waals surface area contributed by atoms with Crippen LogP contribution in [0.5, 0.6) is 0 Å². The van der Waals surface area contributed by atoms with Gasteiger partial charge in [0.15, 0.2) is 0 Å². The summed E-state index contributed by atoms with van der Waals surface area (Å²) in [5, 5.41) is 12.0. The van der Waals surface area contributed by atoms with Crippen molar-refractivity contribution in [2.45, 2.75) is 57.0 Å². The summed E-state index contributed by atoms with van der Waals surface area (Å²) in [6.45, 7) is 0.538. The predicted octanol–water partition coefficient (Wildman–Crippen LogP) is 0.757. The summed E-state index contributed by atoms with van der Waals surface area (Å²) in [6.07, 6.45) is 4.91. The maximum Gasteiger partial charge on any atom is 0.306 e. The molecule has 3 rings (SSSR count). The van der Waals surface area contributed by atoms with Gasteiger partial charge in [-0.3, -0.25) is 14.4 Å². The highest BCUT2D eigenvalue weighted by atomic mass is 16.4. The number of carbonyl (C=O) groups is 3. The summed E-state index contributed by atoms with van der Waals surface area (Å²) in [5.41, 5.74) is 0. The molecule has 4 unspecified atom stereocenters. The van der Waals surface area contributed by atoms with Crippen LogP contribution in [0.25, 0.3) is 0 Å². The summed E-state index contributed by atoms with van der Waals surface area (Å²) in [5.74, 6) is -1.27. The molecule has 3 aliphatic rings. The van der Waals surface area contributed by atoms with Crippen LogP contribution in [0.4, 0.5) is 0 Å². The normalized spacial score (nSPS) is 36.0. The van der Waals surface area contributed by atoms with Crippen LogP contribution in [0.3, 0.4) is 0 Å². The Morgan fingerprint density at radius 3 is 2.57 bits per heavy atom. The second kappa shape index (κ2) is 5.66. The number of carbonyl (C=O) groups excluding carboxylic acids is 2. The first-order valence-electron chi connectivity index (χ1n) is 7.88. The van der Waals surface area contributed by atoms with Crippen molar-refractivity contribution in [2.75, 3.05) is 6.54 Å². The molecule has 1 saturated carbocycles. The number of carboxylic acids is 1. The van der Waals surface area contributed by atoms with Gasteiger partial charge in [-0.15, -0.1) is 0 Å². The molecule has 21 heavy (non-hydrogen) atoms. The van der Waals surface area contributed by atoms with Gasteiger partial charge in [0.1, 0.15) is 0 Å². The molecule has 1 aliphatic carbocycles. The molecule has 0 aromatic rings. The van der Waals surface area contributed by atoms with Gasteiger partial charge in [0, 0.05) is 31.0 Å². The first-order chi connectivity index (χ1) is 10.1. The number of carboxylic acid groups (broad SMARTS) is 1. The van der Waals surface area contributed by atoms with E-state index in [4.69, 9.17) is 5.11 Å². The topological polar surface area (TPSA) is 86.7 Å². The second-order valence-electron chi connectivity index (χ2n) is 6.54. The Morgan fingerprint density at radius 2 is 1.81 bits per heavy atom. The zero-order valence-corrected chi connectivity index (χ0v) is 12.1. The molecule has 0 radical (unpaired) electrons. The molecule has 6 nitrogen and oxygen atoms in total. The Bertz CT molecular complexity index is 465. The van der Waals surface area contributed by atoms with E-state index >= 15 is 0 Å². The van der Waals surface area contributed by atoms with Crippen molar-refractivity contribution in [3.63, 3.8) is 0 Å². The van der Waals surface area contributed by atoms with Gasteiger partial charge < -0.3 is 15.3 Å². The number of amides is 2. The van der Waals surface area contributed by atoms with Crippen LogP contribution in [0.15, 0.2) is 0 Å². The number of aliphatic carboxylic acids is 1. The van der Waals surface area contributed by atoms with Crippen LogP contribution in [-0.4, -0.2) is 46.4 Å². The highest BCUT2D eigenvalue weighted by molar-refractivity contribution is 5.84. The van der Waals surface area contributed by atoms with Gasteiger partial charge in [-0.2, -0.15) is 0 Å². The van der Waals surface area contributed by atoms with Crippen LogP contribution in [0.2, 0.25) is 0 Å². The molecule has 0 aromatic carbocycles. The van der Waals surface area contributed by atoms with Crippen molar-refractivity contribution in [1.29, 1.82) is 0 Å². The van der Waals surface area contributed by atoms with Gasteiger partial charge in [0.25, 0.3) is 0 Å². The van der Waals surface area contributed by atoms with E-state index in [9.17, 15) is 14.4 Å². The largest absolute Gasteiger partial charge is 0.481 e. The summed E-state index contributed by atoms with van der Waals surface area (Å²) < 4.78 is 0. The van der Waals surface area contributed by atoms with Crippen LogP contribution in [0.1, 0.15) is 44.9 Å². The molecule has 6 heteroatoms. The predicted molar refractivity (Wildman–Crippen MR) is 74.4 cm³/mol. The molecule has 2 saturated heterocycles. The molecule has 3 fully saturated rings. The van der Waals surface area contributed by atoms with Gasteiger partial charge in [-0.25, -0.2) is 0 Å². The van der Waals surface area contributed by atoms with E-state index in [1.54, 1.807) is 0 Å². The lowest BCUT2D eigenvalue weighted by atomic mass is 9.80. The van der Waals surface area contributed by atoms with Crippen LogP contribution < -0.4 is 5.32 Å². The monoisotopic (exact) mass is 294 g/mol. The number of nitrogens with one attached hydrogen (secondary N) is 1. The van der Waals surface area contributed by atoms with Crippen LogP contribution in [0, 0.1) is 11.8 Å². The van der Waals surface area contributed by atoms with Crippen molar-refractivity contribution >= 4 is 17.8 Å². The van der Waals surface area contributed by atoms with Gasteiger partial charge in [-0.1, -0.05) is 6.42 Å². The fraction of sp³-hybridized carbons (Fsp3) is 0.800. The van der Waals surface area contributed by atoms with Gasteiger partial charge in [0.2, 0.25) is 11.8 Å². The minimum atomic E-state index is -0.789. The molecule has 2 amide bonds. The fourth-order valence-electron chi connectivity index (χ4n) is 4.09. The number of nitrogens with zero attached hydrogens (tertiary/aromatic N) is 1. The Balaban J connectivity index is 1.72. The SMILES string of the molecule is O=C1CC2CCC(CN1)N2C(=O)C1CCCC(C(=O)O)C1. The van der Waals surface area contributed by atoms with Gasteiger partial charge in [-0.05, 0) is 32.1 Å². The highest BCUT2D eigenvalue weighted by Crippen LogP contribution is 2.35. The molecule has 0 spiro atoms. The third-order valence-electron chi connectivity index (χ3n) is 5.20. The van der Waals surface area contributed by atoms with E-state index in [-0.39, 0.29) is 29.8 Å². The number of hydrogen-bond donors (Lipinski definition) is 2. The van der Waals surface area contributed by atoms with Crippen LogP contribution >= 0.6 is 0 Å². The molecule has 0 aromatic heterocycles. The van der Waals surface area contributed by atoms with E-state index in [0.717, 1.165) is 25.7 Å². The second-order valence-corrected chi connectivity index (χ2v) is 6.54. The summed E-state index contributed by atoms with van der Waals surface area (Å²) in [6, 6.07) is 0.106.